The molecule has 0 aliphatic rings. The third-order valence-electron chi connectivity index (χ3n) is 1.71. The maximum atomic E-state index is 12.8. The van der Waals surface area contributed by atoms with Gasteiger partial charge in [-0.15, -0.1) is 11.8 Å². The van der Waals surface area contributed by atoms with Gasteiger partial charge in [-0.05, 0) is 25.1 Å². The first-order valence-electron chi connectivity index (χ1n) is 4.49. The predicted molar refractivity (Wildman–Crippen MR) is 57.0 cm³/mol. The molecule has 0 saturated carbocycles. The molecule has 1 aromatic rings. The van der Waals surface area contributed by atoms with Crippen LogP contribution in [0.5, 0.6) is 0 Å². The lowest BCUT2D eigenvalue weighted by Crippen LogP contribution is -2.02. The van der Waals surface area contributed by atoms with Gasteiger partial charge in [-0.25, -0.2) is 4.39 Å². The summed E-state index contributed by atoms with van der Waals surface area (Å²) in [7, 11) is 0. The Bertz CT molecular complexity index is 325. The Morgan fingerprint density at radius 1 is 1.57 bits per heavy atom. The summed E-state index contributed by atoms with van der Waals surface area (Å²) in [5.74, 6) is -0.0635. The van der Waals surface area contributed by atoms with Crippen LogP contribution in [0.25, 0.3) is 0 Å². The Morgan fingerprint density at radius 2 is 2.29 bits per heavy atom. The van der Waals surface area contributed by atoms with Gasteiger partial charge in [0, 0.05) is 16.6 Å². The van der Waals surface area contributed by atoms with Crippen molar-refractivity contribution >= 4 is 17.5 Å². The third kappa shape index (κ3) is 3.92. The highest BCUT2D eigenvalue weighted by Crippen LogP contribution is 2.25. The molecule has 1 nitrogen and oxygen atoms in total. The quantitative estimate of drug-likeness (QED) is 0.712. The van der Waals surface area contributed by atoms with E-state index in [4.69, 9.17) is 0 Å². The molecule has 0 aliphatic carbocycles. The van der Waals surface area contributed by atoms with Gasteiger partial charge in [0.1, 0.15) is 11.6 Å². The fourth-order valence-corrected chi connectivity index (χ4v) is 2.34. The Labute approximate surface area is 87.7 Å². The van der Waals surface area contributed by atoms with Crippen molar-refractivity contribution in [1.29, 1.82) is 0 Å². The molecular formula is C11H13FOS. The molecule has 76 valence electrons. The highest BCUT2D eigenvalue weighted by atomic mass is 32.2. The van der Waals surface area contributed by atoms with Crippen LogP contribution in [0.2, 0.25) is 0 Å². The van der Waals surface area contributed by atoms with E-state index in [-0.39, 0.29) is 16.9 Å². The molecule has 0 radical (unpaired) electrons. The number of rotatable bonds is 4. The molecule has 1 aromatic carbocycles. The molecule has 14 heavy (non-hydrogen) atoms. The second-order valence-electron chi connectivity index (χ2n) is 3.29. The third-order valence-corrected chi connectivity index (χ3v) is 2.80. The highest BCUT2D eigenvalue weighted by Gasteiger charge is 2.07. The first-order valence-corrected chi connectivity index (χ1v) is 5.37. The summed E-state index contributed by atoms with van der Waals surface area (Å²) < 4.78 is 12.8. The van der Waals surface area contributed by atoms with Crippen LogP contribution in [-0.2, 0) is 4.79 Å². The number of Topliss-reactive ketones (excluding diaryl/α,β-unsaturated/α-hetero) is 1. The van der Waals surface area contributed by atoms with E-state index in [1.807, 2.05) is 13.0 Å². The van der Waals surface area contributed by atoms with E-state index < -0.39 is 0 Å². The summed E-state index contributed by atoms with van der Waals surface area (Å²) in [6.07, 6.45) is 0.529. The predicted octanol–water partition coefficient (Wildman–Crippen LogP) is 3.29. The molecule has 0 spiro atoms. The van der Waals surface area contributed by atoms with Crippen LogP contribution >= 0.6 is 11.8 Å². The minimum absolute atomic E-state index is 0.168. The summed E-state index contributed by atoms with van der Waals surface area (Å²) in [6, 6.07) is 6.43. The minimum Gasteiger partial charge on any atom is -0.300 e. The van der Waals surface area contributed by atoms with Gasteiger partial charge >= 0.3 is 0 Å². The second-order valence-corrected chi connectivity index (χ2v) is 4.80. The van der Waals surface area contributed by atoms with Crippen molar-refractivity contribution in [3.63, 3.8) is 0 Å². The van der Waals surface area contributed by atoms with Gasteiger partial charge in [-0.3, -0.25) is 4.79 Å². The van der Waals surface area contributed by atoms with Crippen LogP contribution in [0.4, 0.5) is 4.39 Å². The van der Waals surface area contributed by atoms with Gasteiger partial charge in [-0.2, -0.15) is 0 Å². The van der Waals surface area contributed by atoms with E-state index in [9.17, 15) is 9.18 Å². The van der Waals surface area contributed by atoms with Crippen molar-refractivity contribution in [3.8, 4) is 0 Å². The molecule has 1 rings (SSSR count). The smallest absolute Gasteiger partial charge is 0.130 e. The van der Waals surface area contributed by atoms with E-state index in [1.165, 1.54) is 23.9 Å². The van der Waals surface area contributed by atoms with Crippen LogP contribution < -0.4 is 0 Å². The van der Waals surface area contributed by atoms with Crippen molar-refractivity contribution in [3.05, 3.63) is 30.1 Å². The summed E-state index contributed by atoms with van der Waals surface area (Å²) in [4.78, 5) is 11.7. The standard InChI is InChI=1S/C11H13FOS/c1-8(13)6-9(2)14-11-5-3-4-10(12)7-11/h3-5,7,9H,6H2,1-2H3. The van der Waals surface area contributed by atoms with Gasteiger partial charge in [0.15, 0.2) is 0 Å². The number of benzene rings is 1. The second kappa shape index (κ2) is 5.15. The van der Waals surface area contributed by atoms with Crippen LogP contribution in [0.15, 0.2) is 29.2 Å². The summed E-state index contributed by atoms with van der Waals surface area (Å²) in [6.45, 7) is 3.54. The zero-order valence-corrected chi connectivity index (χ0v) is 9.10. The Morgan fingerprint density at radius 3 is 2.86 bits per heavy atom. The molecule has 3 heteroatoms. The number of carbonyl (C=O) groups excluding carboxylic acids is 1. The molecule has 0 fully saturated rings. The number of carbonyl (C=O) groups is 1. The van der Waals surface area contributed by atoms with E-state index in [2.05, 4.69) is 0 Å². The molecule has 0 aliphatic heterocycles. The summed E-state index contributed by atoms with van der Waals surface area (Å²) in [5, 5.41) is 0.203. The Balaban J connectivity index is 2.55. The Hall–Kier alpha value is -0.830. The number of thioether (sulfide) groups is 1. The lowest BCUT2D eigenvalue weighted by molar-refractivity contribution is -0.116. The molecule has 0 heterocycles. The largest absolute Gasteiger partial charge is 0.300 e. The number of ketones is 1. The summed E-state index contributed by atoms with van der Waals surface area (Å²) >= 11 is 1.53. The molecule has 0 saturated heterocycles. The first kappa shape index (κ1) is 11.2. The zero-order chi connectivity index (χ0) is 10.6. The van der Waals surface area contributed by atoms with Gasteiger partial charge < -0.3 is 0 Å². The molecule has 0 bridgehead atoms. The van der Waals surface area contributed by atoms with Crippen molar-refractivity contribution in [2.24, 2.45) is 0 Å². The maximum Gasteiger partial charge on any atom is 0.130 e. The van der Waals surface area contributed by atoms with E-state index in [0.29, 0.717) is 6.42 Å². The Kier molecular flexibility index (Phi) is 4.14. The molecule has 0 N–H and O–H groups in total. The maximum absolute atomic E-state index is 12.8. The molecule has 1 unspecified atom stereocenters. The lowest BCUT2D eigenvalue weighted by atomic mass is 10.2. The van der Waals surface area contributed by atoms with Crippen LogP contribution in [-0.4, -0.2) is 11.0 Å². The van der Waals surface area contributed by atoms with Crippen LogP contribution in [0.3, 0.4) is 0 Å². The van der Waals surface area contributed by atoms with Gasteiger partial charge in [0.25, 0.3) is 0 Å². The fourth-order valence-electron chi connectivity index (χ4n) is 1.22. The van der Waals surface area contributed by atoms with Gasteiger partial charge in [0.05, 0.1) is 0 Å². The fraction of sp³-hybridized carbons (Fsp3) is 0.364. The lowest BCUT2D eigenvalue weighted by Gasteiger charge is -2.08. The van der Waals surface area contributed by atoms with E-state index in [1.54, 1.807) is 13.0 Å². The highest BCUT2D eigenvalue weighted by molar-refractivity contribution is 8.00. The first-order chi connectivity index (χ1) is 6.58. The van der Waals surface area contributed by atoms with Crippen LogP contribution in [0.1, 0.15) is 20.3 Å². The van der Waals surface area contributed by atoms with Gasteiger partial charge in [-0.1, -0.05) is 13.0 Å². The van der Waals surface area contributed by atoms with Crippen LogP contribution in [0, 0.1) is 5.82 Å². The summed E-state index contributed by atoms with van der Waals surface area (Å²) in [5.41, 5.74) is 0. The van der Waals surface area contributed by atoms with Crippen molar-refractivity contribution in [1.82, 2.24) is 0 Å². The monoisotopic (exact) mass is 212 g/mol. The minimum atomic E-state index is -0.231. The van der Waals surface area contributed by atoms with Crippen molar-refractivity contribution in [2.45, 2.75) is 30.4 Å². The number of hydrogen-bond acceptors (Lipinski definition) is 2. The SMILES string of the molecule is CC(=O)CC(C)Sc1cccc(F)c1. The topological polar surface area (TPSA) is 17.1 Å². The molecule has 0 amide bonds. The molecular weight excluding hydrogens is 199 g/mol. The van der Waals surface area contributed by atoms with E-state index >= 15 is 0 Å². The molecule has 0 aromatic heterocycles. The zero-order valence-electron chi connectivity index (χ0n) is 8.29. The molecule has 1 atom stereocenters. The number of hydrogen-bond donors (Lipinski definition) is 0. The van der Waals surface area contributed by atoms with Crippen molar-refractivity contribution in [2.75, 3.05) is 0 Å². The van der Waals surface area contributed by atoms with E-state index in [0.717, 1.165) is 4.90 Å². The van der Waals surface area contributed by atoms with Gasteiger partial charge in [0.2, 0.25) is 0 Å². The normalized spacial score (nSPS) is 12.5. The number of halogens is 1. The van der Waals surface area contributed by atoms with Crippen molar-refractivity contribution < 1.29 is 9.18 Å². The average Bonchev–Trinajstić information content (AvgIpc) is 2.01. The average molecular weight is 212 g/mol.